The first kappa shape index (κ1) is 12.9. The van der Waals surface area contributed by atoms with Gasteiger partial charge in [-0.1, -0.05) is 27.2 Å². The van der Waals surface area contributed by atoms with Gasteiger partial charge < -0.3 is 10.4 Å². The third-order valence-corrected chi connectivity index (χ3v) is 2.67. The summed E-state index contributed by atoms with van der Waals surface area (Å²) in [6.45, 7) is 8.97. The number of hydrogen-bond donors (Lipinski definition) is 2. The molecule has 2 nitrogen and oxygen atoms in total. The standard InChI is InChI=1S/C11H25NO/c1-5-9(3)7-11(6-2)12-10(4)8-13/h9-13H,5-8H2,1-4H3/t9?,10-,11?/m1/s1. The minimum atomic E-state index is 0.231. The van der Waals surface area contributed by atoms with Gasteiger partial charge in [0.05, 0.1) is 6.61 Å². The first-order valence-electron chi connectivity index (χ1n) is 5.50. The van der Waals surface area contributed by atoms with Gasteiger partial charge in [0.25, 0.3) is 0 Å². The van der Waals surface area contributed by atoms with Gasteiger partial charge in [-0.3, -0.25) is 0 Å². The maximum atomic E-state index is 8.91. The summed E-state index contributed by atoms with van der Waals surface area (Å²) >= 11 is 0. The molecular weight excluding hydrogens is 162 g/mol. The van der Waals surface area contributed by atoms with Crippen molar-refractivity contribution in [3.05, 3.63) is 0 Å². The smallest absolute Gasteiger partial charge is 0.0582 e. The quantitative estimate of drug-likeness (QED) is 0.640. The first-order chi connectivity index (χ1) is 6.13. The summed E-state index contributed by atoms with van der Waals surface area (Å²) in [6, 6.07) is 0.797. The molecule has 0 radical (unpaired) electrons. The van der Waals surface area contributed by atoms with Crippen molar-refractivity contribution in [3.63, 3.8) is 0 Å². The molecule has 0 saturated carbocycles. The predicted octanol–water partition coefficient (Wildman–Crippen LogP) is 2.17. The number of rotatable bonds is 7. The van der Waals surface area contributed by atoms with Crippen LogP contribution in [-0.2, 0) is 0 Å². The summed E-state index contributed by atoms with van der Waals surface area (Å²) in [7, 11) is 0. The summed E-state index contributed by atoms with van der Waals surface area (Å²) in [6.07, 6.45) is 3.61. The number of aliphatic hydroxyl groups excluding tert-OH is 1. The fourth-order valence-corrected chi connectivity index (χ4v) is 1.46. The topological polar surface area (TPSA) is 32.3 Å². The Morgan fingerprint density at radius 1 is 1.15 bits per heavy atom. The van der Waals surface area contributed by atoms with Crippen molar-refractivity contribution in [2.75, 3.05) is 6.61 Å². The fourth-order valence-electron chi connectivity index (χ4n) is 1.46. The molecule has 0 spiro atoms. The highest BCUT2D eigenvalue weighted by Crippen LogP contribution is 2.12. The number of nitrogens with one attached hydrogen (secondary N) is 1. The van der Waals surface area contributed by atoms with Gasteiger partial charge in [-0.2, -0.15) is 0 Å². The summed E-state index contributed by atoms with van der Waals surface area (Å²) in [5.41, 5.74) is 0. The van der Waals surface area contributed by atoms with Crippen LogP contribution < -0.4 is 5.32 Å². The zero-order valence-corrected chi connectivity index (χ0v) is 9.51. The monoisotopic (exact) mass is 187 g/mol. The maximum absolute atomic E-state index is 8.91. The molecule has 3 atom stereocenters. The van der Waals surface area contributed by atoms with E-state index in [-0.39, 0.29) is 12.6 Å². The van der Waals surface area contributed by atoms with Crippen molar-refractivity contribution in [2.24, 2.45) is 5.92 Å². The molecule has 0 rings (SSSR count). The lowest BCUT2D eigenvalue weighted by Gasteiger charge is -2.23. The number of hydrogen-bond acceptors (Lipinski definition) is 2. The first-order valence-corrected chi connectivity index (χ1v) is 5.50. The Labute approximate surface area is 82.7 Å². The van der Waals surface area contributed by atoms with Gasteiger partial charge in [0.1, 0.15) is 0 Å². The molecule has 2 N–H and O–H groups in total. The zero-order valence-electron chi connectivity index (χ0n) is 9.51. The average Bonchev–Trinajstić information content (AvgIpc) is 2.16. The second-order valence-electron chi connectivity index (χ2n) is 4.10. The van der Waals surface area contributed by atoms with E-state index >= 15 is 0 Å². The van der Waals surface area contributed by atoms with Crippen LogP contribution in [0.15, 0.2) is 0 Å². The molecule has 80 valence electrons. The van der Waals surface area contributed by atoms with Crippen molar-refractivity contribution >= 4 is 0 Å². The SMILES string of the molecule is CCC(C)CC(CC)N[C@H](C)CO. The highest BCUT2D eigenvalue weighted by atomic mass is 16.3. The van der Waals surface area contributed by atoms with E-state index in [1.54, 1.807) is 0 Å². The minimum absolute atomic E-state index is 0.231. The molecule has 2 unspecified atom stereocenters. The summed E-state index contributed by atoms with van der Waals surface area (Å²) in [5.74, 6) is 0.781. The van der Waals surface area contributed by atoms with Crippen LogP contribution in [-0.4, -0.2) is 23.8 Å². The van der Waals surface area contributed by atoms with E-state index in [0.29, 0.717) is 6.04 Å². The maximum Gasteiger partial charge on any atom is 0.0582 e. The molecule has 0 saturated heterocycles. The Bertz CT molecular complexity index is 105. The molecule has 2 heteroatoms. The van der Waals surface area contributed by atoms with Crippen molar-refractivity contribution in [3.8, 4) is 0 Å². The molecule has 0 aromatic rings. The summed E-state index contributed by atoms with van der Waals surface area (Å²) in [5, 5.41) is 12.3. The van der Waals surface area contributed by atoms with Crippen LogP contribution in [0.4, 0.5) is 0 Å². The Kier molecular flexibility index (Phi) is 7.29. The lowest BCUT2D eigenvalue weighted by atomic mass is 9.97. The largest absolute Gasteiger partial charge is 0.395 e. The lowest BCUT2D eigenvalue weighted by Crippen LogP contribution is -2.39. The van der Waals surface area contributed by atoms with Crippen LogP contribution in [0.2, 0.25) is 0 Å². The van der Waals surface area contributed by atoms with Crippen LogP contribution in [0.3, 0.4) is 0 Å². The third-order valence-electron chi connectivity index (χ3n) is 2.67. The van der Waals surface area contributed by atoms with Crippen LogP contribution in [0.25, 0.3) is 0 Å². The van der Waals surface area contributed by atoms with Gasteiger partial charge in [0.2, 0.25) is 0 Å². The van der Waals surface area contributed by atoms with E-state index in [1.165, 1.54) is 12.8 Å². The van der Waals surface area contributed by atoms with E-state index in [4.69, 9.17) is 5.11 Å². The number of aliphatic hydroxyl groups is 1. The Hall–Kier alpha value is -0.0800. The van der Waals surface area contributed by atoms with Crippen molar-refractivity contribution < 1.29 is 5.11 Å². The molecule has 0 bridgehead atoms. The zero-order chi connectivity index (χ0) is 10.3. The molecule has 13 heavy (non-hydrogen) atoms. The molecule has 0 aromatic heterocycles. The van der Waals surface area contributed by atoms with Gasteiger partial charge in [0.15, 0.2) is 0 Å². The van der Waals surface area contributed by atoms with Crippen LogP contribution in [0.5, 0.6) is 0 Å². The molecule has 0 amide bonds. The molecular formula is C11H25NO. The van der Waals surface area contributed by atoms with Gasteiger partial charge in [-0.25, -0.2) is 0 Å². The van der Waals surface area contributed by atoms with Crippen LogP contribution in [0.1, 0.15) is 47.0 Å². The molecule has 0 fully saturated rings. The van der Waals surface area contributed by atoms with Crippen molar-refractivity contribution in [1.82, 2.24) is 5.32 Å². The van der Waals surface area contributed by atoms with E-state index in [2.05, 4.69) is 26.1 Å². The minimum Gasteiger partial charge on any atom is -0.395 e. The Morgan fingerprint density at radius 2 is 1.77 bits per heavy atom. The second-order valence-corrected chi connectivity index (χ2v) is 4.10. The Morgan fingerprint density at radius 3 is 2.15 bits per heavy atom. The van der Waals surface area contributed by atoms with Gasteiger partial charge in [-0.15, -0.1) is 0 Å². The normalized spacial score (nSPS) is 18.2. The summed E-state index contributed by atoms with van der Waals surface area (Å²) < 4.78 is 0. The summed E-state index contributed by atoms with van der Waals surface area (Å²) in [4.78, 5) is 0. The third kappa shape index (κ3) is 6.05. The van der Waals surface area contributed by atoms with Crippen molar-refractivity contribution in [2.45, 2.75) is 59.0 Å². The molecule has 0 aliphatic carbocycles. The van der Waals surface area contributed by atoms with Crippen LogP contribution >= 0.6 is 0 Å². The fraction of sp³-hybridized carbons (Fsp3) is 1.00. The average molecular weight is 187 g/mol. The highest BCUT2D eigenvalue weighted by Gasteiger charge is 2.12. The van der Waals surface area contributed by atoms with Gasteiger partial charge >= 0.3 is 0 Å². The van der Waals surface area contributed by atoms with Gasteiger partial charge in [0, 0.05) is 12.1 Å². The van der Waals surface area contributed by atoms with E-state index in [0.717, 1.165) is 12.3 Å². The van der Waals surface area contributed by atoms with E-state index in [9.17, 15) is 0 Å². The second kappa shape index (κ2) is 7.34. The molecule has 0 aromatic carbocycles. The molecule has 0 aliphatic rings. The predicted molar refractivity (Wildman–Crippen MR) is 57.8 cm³/mol. The van der Waals surface area contributed by atoms with E-state index in [1.807, 2.05) is 6.92 Å². The molecule has 0 heterocycles. The Balaban J connectivity index is 3.74. The van der Waals surface area contributed by atoms with Crippen LogP contribution in [0, 0.1) is 5.92 Å². The van der Waals surface area contributed by atoms with E-state index < -0.39 is 0 Å². The lowest BCUT2D eigenvalue weighted by molar-refractivity contribution is 0.231. The highest BCUT2D eigenvalue weighted by molar-refractivity contribution is 4.71. The molecule has 0 aliphatic heterocycles. The van der Waals surface area contributed by atoms with Crippen molar-refractivity contribution in [1.29, 1.82) is 0 Å². The van der Waals surface area contributed by atoms with Gasteiger partial charge in [-0.05, 0) is 25.7 Å².